The number of pyridine rings is 2. The van der Waals surface area contributed by atoms with Crippen molar-refractivity contribution < 1.29 is 20.4 Å². The quantitative estimate of drug-likeness (QED) is 0.141. The van der Waals surface area contributed by atoms with E-state index in [9.17, 15) is 0 Å². The van der Waals surface area contributed by atoms with Crippen molar-refractivity contribution in [3.63, 3.8) is 0 Å². The monoisotopic (exact) mass is 732 g/mol. The van der Waals surface area contributed by atoms with Crippen molar-refractivity contribution in [2.45, 2.75) is 41.5 Å². The topological polar surface area (TPSA) is 132 Å². The van der Waals surface area contributed by atoms with E-state index in [4.69, 9.17) is 20.4 Å². The number of rotatable bonds is 3. The zero-order chi connectivity index (χ0) is 37.9. The van der Waals surface area contributed by atoms with Crippen molar-refractivity contribution in [1.82, 2.24) is 19.9 Å². The fourth-order valence-corrected chi connectivity index (χ4v) is 5.61. The number of thiophene rings is 2. The maximum Gasteiger partial charge on any atom is 0.122 e. The van der Waals surface area contributed by atoms with Gasteiger partial charge in [0.25, 0.3) is 0 Å². The Morgan fingerprint density at radius 2 is 0.731 bits per heavy atom. The van der Waals surface area contributed by atoms with Gasteiger partial charge in [0.1, 0.15) is 23.0 Å². The molecular weight excluding hydrogens is 689 g/mol. The smallest absolute Gasteiger partial charge is 0.122 e. The molecule has 8 nitrogen and oxygen atoms in total. The fraction of sp³-hybridized carbons (Fsp3) is 0.143. The number of aromatic nitrogens is 4. The predicted octanol–water partition coefficient (Wildman–Crippen LogP) is 10.6. The highest BCUT2D eigenvalue weighted by atomic mass is 32.1. The number of hydrogen-bond acceptors (Lipinski definition) is 10. The standard InChI is InChI=1S/C12H10N2.C8H12N2.C8H6S2.2C7H8O2/c1(11-3-7-13-8-4-11)2-12-5-9-14-10-6-12;1-5-6(2)10-8(4)7(3)9-5;1-3-7(9-5-1)8-4-2-6-10-8;2*1-5-6(8)3-2-4-7(5)9/h1-10H;1-4H3;1-6H;2*2-4,8-9H,1H3/b2-1+;;;;. The van der Waals surface area contributed by atoms with Crippen LogP contribution in [0, 0.1) is 41.5 Å². The van der Waals surface area contributed by atoms with Gasteiger partial charge >= 0.3 is 0 Å². The van der Waals surface area contributed by atoms with Gasteiger partial charge in [0.15, 0.2) is 0 Å². The molecule has 0 amide bonds. The number of hydrogen-bond donors (Lipinski definition) is 4. The molecule has 5 heterocycles. The van der Waals surface area contributed by atoms with Gasteiger partial charge in [-0.1, -0.05) is 36.4 Å². The first-order valence-electron chi connectivity index (χ1n) is 16.2. The molecule has 52 heavy (non-hydrogen) atoms. The summed E-state index contributed by atoms with van der Waals surface area (Å²) in [4.78, 5) is 19.3. The van der Waals surface area contributed by atoms with Gasteiger partial charge in [-0.3, -0.25) is 19.9 Å². The third kappa shape index (κ3) is 13.8. The second kappa shape index (κ2) is 21.4. The number of aromatic hydroxyl groups is 4. The number of nitrogens with zero attached hydrogens (tertiary/aromatic N) is 4. The highest BCUT2D eigenvalue weighted by Gasteiger charge is 2.00. The predicted molar refractivity (Wildman–Crippen MR) is 215 cm³/mol. The zero-order valence-corrected chi connectivity index (χ0v) is 31.7. The first-order chi connectivity index (χ1) is 25.0. The van der Waals surface area contributed by atoms with Crippen molar-refractivity contribution in [3.05, 3.63) is 166 Å². The molecule has 5 aromatic heterocycles. The number of phenolic OH excluding ortho intramolecular Hbond substituents is 4. The normalized spacial score (nSPS) is 9.96. The maximum absolute atomic E-state index is 8.94. The van der Waals surface area contributed by atoms with Gasteiger partial charge in [0.2, 0.25) is 0 Å². The van der Waals surface area contributed by atoms with E-state index in [1.54, 1.807) is 73.4 Å². The Labute approximate surface area is 313 Å². The van der Waals surface area contributed by atoms with Crippen LogP contribution < -0.4 is 0 Å². The maximum atomic E-state index is 8.94. The molecule has 10 heteroatoms. The summed E-state index contributed by atoms with van der Waals surface area (Å²) in [5.74, 6) is 0.537. The largest absolute Gasteiger partial charge is 0.508 e. The van der Waals surface area contributed by atoms with E-state index in [1.807, 2.05) is 52.0 Å². The Morgan fingerprint density at radius 1 is 0.423 bits per heavy atom. The lowest BCUT2D eigenvalue weighted by molar-refractivity contribution is 0.442. The Balaban J connectivity index is 0.000000177. The Bertz CT molecular complexity index is 1870. The highest BCUT2D eigenvalue weighted by Crippen LogP contribution is 2.28. The van der Waals surface area contributed by atoms with Gasteiger partial charge in [-0.25, -0.2) is 0 Å². The summed E-state index contributed by atoms with van der Waals surface area (Å²) in [6.45, 7) is 11.2. The molecular formula is C42H44N4O4S2. The molecule has 0 spiro atoms. The molecule has 7 aromatic rings. The molecule has 4 N–H and O–H groups in total. The molecule has 0 saturated heterocycles. The molecule has 0 aliphatic rings. The van der Waals surface area contributed by atoms with Gasteiger partial charge in [0, 0.05) is 45.7 Å². The molecule has 0 atom stereocenters. The molecule has 0 fully saturated rings. The van der Waals surface area contributed by atoms with Gasteiger partial charge in [-0.2, -0.15) is 0 Å². The summed E-state index contributed by atoms with van der Waals surface area (Å²) in [6.07, 6.45) is 11.2. The summed E-state index contributed by atoms with van der Waals surface area (Å²) >= 11 is 3.58. The lowest BCUT2D eigenvalue weighted by Gasteiger charge is -2.01. The lowest BCUT2D eigenvalue weighted by atomic mass is 10.2. The summed E-state index contributed by atoms with van der Waals surface area (Å²) < 4.78 is 0. The highest BCUT2D eigenvalue weighted by molar-refractivity contribution is 7.20. The molecule has 2 aromatic carbocycles. The fourth-order valence-electron chi connectivity index (χ4n) is 4.03. The number of phenols is 4. The van der Waals surface area contributed by atoms with Gasteiger partial charge in [-0.15, -0.1) is 22.7 Å². The van der Waals surface area contributed by atoms with Crippen LogP contribution in [0.2, 0.25) is 0 Å². The molecule has 0 aliphatic carbocycles. The van der Waals surface area contributed by atoms with Gasteiger partial charge in [0.05, 0.1) is 22.8 Å². The Kier molecular flexibility index (Phi) is 16.7. The van der Waals surface area contributed by atoms with E-state index in [-0.39, 0.29) is 23.0 Å². The second-order valence-corrected chi connectivity index (χ2v) is 13.2. The first-order valence-corrected chi connectivity index (χ1v) is 18.0. The van der Waals surface area contributed by atoms with Crippen LogP contribution in [0.5, 0.6) is 23.0 Å². The van der Waals surface area contributed by atoms with Crippen molar-refractivity contribution in [3.8, 4) is 32.8 Å². The third-order valence-corrected chi connectivity index (χ3v) is 9.37. The average Bonchev–Trinajstić information content (AvgIpc) is 3.89. The van der Waals surface area contributed by atoms with Crippen molar-refractivity contribution in [2.75, 3.05) is 0 Å². The van der Waals surface area contributed by atoms with Crippen LogP contribution in [0.4, 0.5) is 0 Å². The van der Waals surface area contributed by atoms with Crippen LogP contribution in [0.3, 0.4) is 0 Å². The van der Waals surface area contributed by atoms with E-state index < -0.39 is 0 Å². The van der Waals surface area contributed by atoms with E-state index in [1.165, 1.54) is 34.0 Å². The van der Waals surface area contributed by atoms with Gasteiger partial charge in [-0.05, 0) is 124 Å². The number of aryl methyl sites for hydroxylation is 4. The molecule has 0 bridgehead atoms. The minimum absolute atomic E-state index is 0.134. The molecule has 7 rings (SSSR count). The molecule has 268 valence electrons. The van der Waals surface area contributed by atoms with Crippen molar-refractivity contribution in [2.24, 2.45) is 0 Å². The van der Waals surface area contributed by atoms with Crippen molar-refractivity contribution in [1.29, 1.82) is 0 Å². The third-order valence-electron chi connectivity index (χ3n) is 7.44. The lowest BCUT2D eigenvalue weighted by Crippen LogP contribution is -1.97. The van der Waals surface area contributed by atoms with E-state index in [0.717, 1.165) is 33.9 Å². The number of benzene rings is 2. The summed E-state index contributed by atoms with van der Waals surface area (Å²) in [5, 5.41) is 40.0. The summed E-state index contributed by atoms with van der Waals surface area (Å²) in [6, 6.07) is 25.7. The van der Waals surface area contributed by atoms with E-state index >= 15 is 0 Å². The summed E-state index contributed by atoms with van der Waals surface area (Å²) in [7, 11) is 0. The SMILES string of the molecule is C(=C\c1ccncc1)/c1ccncc1.Cc1c(O)cccc1O.Cc1c(O)cccc1O.Cc1nc(C)c(C)nc1C.c1csc(-c2cccs2)c1. The molecule has 0 radical (unpaired) electrons. The molecule has 0 unspecified atom stereocenters. The van der Waals surface area contributed by atoms with Crippen LogP contribution in [0.25, 0.3) is 21.9 Å². The Morgan fingerprint density at radius 3 is 0.981 bits per heavy atom. The van der Waals surface area contributed by atoms with Crippen LogP contribution in [-0.4, -0.2) is 40.4 Å². The average molecular weight is 733 g/mol. The van der Waals surface area contributed by atoms with Crippen LogP contribution in [-0.2, 0) is 0 Å². The van der Waals surface area contributed by atoms with E-state index in [2.05, 4.69) is 67.1 Å². The minimum atomic E-state index is 0.134. The van der Waals surface area contributed by atoms with E-state index in [0.29, 0.717) is 11.1 Å². The minimum Gasteiger partial charge on any atom is -0.508 e. The van der Waals surface area contributed by atoms with Crippen molar-refractivity contribution >= 4 is 34.8 Å². The van der Waals surface area contributed by atoms with Crippen LogP contribution in [0.1, 0.15) is 45.0 Å². The first kappa shape index (κ1) is 40.6. The van der Waals surface area contributed by atoms with Crippen LogP contribution >= 0.6 is 22.7 Å². The second-order valence-electron chi connectivity index (χ2n) is 11.3. The summed E-state index contributed by atoms with van der Waals surface area (Å²) in [5.41, 5.74) is 7.47. The Hall–Kier alpha value is -5.84. The zero-order valence-electron chi connectivity index (χ0n) is 30.1. The molecule has 0 saturated carbocycles. The molecule has 0 aliphatic heterocycles. The van der Waals surface area contributed by atoms with Crippen LogP contribution in [0.15, 0.2) is 120 Å². The van der Waals surface area contributed by atoms with Gasteiger partial charge < -0.3 is 20.4 Å².